The van der Waals surface area contributed by atoms with Gasteiger partial charge in [0.25, 0.3) is 5.91 Å². The van der Waals surface area contributed by atoms with Crippen molar-refractivity contribution in [2.45, 2.75) is 20.8 Å². The minimum Gasteiger partial charge on any atom is -0.507 e. The lowest BCUT2D eigenvalue weighted by molar-refractivity contribution is 0.0952. The average molecular weight is 350 g/mol. The fraction of sp³-hybridized carbons (Fsp3) is 0.143. The zero-order valence-electron chi connectivity index (χ0n) is 15.0. The van der Waals surface area contributed by atoms with Crippen molar-refractivity contribution >= 4 is 22.9 Å². The zero-order chi connectivity index (χ0) is 19.1. The first-order valence-electron chi connectivity index (χ1n) is 8.39. The van der Waals surface area contributed by atoms with E-state index in [2.05, 4.69) is 10.5 Å². The van der Waals surface area contributed by atoms with Crippen LogP contribution in [-0.2, 0) is 0 Å². The number of nitrogens with zero attached hydrogens (tertiary/aromatic N) is 1. The van der Waals surface area contributed by atoms with Gasteiger partial charge in [-0.2, -0.15) is 5.10 Å². The van der Waals surface area contributed by atoms with Crippen molar-refractivity contribution in [2.75, 3.05) is 0 Å². The summed E-state index contributed by atoms with van der Waals surface area (Å²) in [6.07, 6.45) is 1.36. The maximum absolute atomic E-state index is 12.2. The molecule has 0 heterocycles. The number of aryl methyl sites for hydroxylation is 1. The molecule has 0 fully saturated rings. The first-order valence-corrected chi connectivity index (χ1v) is 8.39. The molecule has 0 bridgehead atoms. The number of benzene rings is 3. The summed E-state index contributed by atoms with van der Waals surface area (Å²) in [5.41, 5.74) is 3.96. The molecule has 0 unspecified atom stereocenters. The largest absolute Gasteiger partial charge is 0.507 e. The topological polar surface area (TPSA) is 81.9 Å². The van der Waals surface area contributed by atoms with Crippen molar-refractivity contribution in [1.82, 2.24) is 5.43 Å². The fourth-order valence-corrected chi connectivity index (χ4v) is 2.41. The maximum atomic E-state index is 12.2. The fourth-order valence-electron chi connectivity index (χ4n) is 2.41. The van der Waals surface area contributed by atoms with Crippen molar-refractivity contribution in [3.63, 3.8) is 0 Å². The van der Waals surface area contributed by atoms with E-state index in [4.69, 9.17) is 0 Å². The summed E-state index contributed by atoms with van der Waals surface area (Å²) in [7, 11) is 0. The third-order valence-corrected chi connectivity index (χ3v) is 3.66. The third-order valence-electron chi connectivity index (χ3n) is 3.66. The molecule has 0 aliphatic heterocycles. The molecule has 0 saturated heterocycles. The summed E-state index contributed by atoms with van der Waals surface area (Å²) >= 11 is 0. The number of amides is 1. The minimum absolute atomic E-state index is 0.0761. The molecular formula is C21H22N2O3. The molecular weight excluding hydrogens is 328 g/mol. The summed E-state index contributed by atoms with van der Waals surface area (Å²) in [4.78, 5) is 12.2. The lowest BCUT2D eigenvalue weighted by Crippen LogP contribution is -2.17. The molecule has 0 saturated carbocycles. The van der Waals surface area contributed by atoms with Crippen molar-refractivity contribution in [3.05, 3.63) is 71.3 Å². The number of hydrogen-bond donors (Lipinski definition) is 3. The Morgan fingerprint density at radius 2 is 1.62 bits per heavy atom. The van der Waals surface area contributed by atoms with Crippen LogP contribution in [0.15, 0.2) is 59.7 Å². The van der Waals surface area contributed by atoms with E-state index in [0.717, 1.165) is 16.3 Å². The molecule has 0 aliphatic rings. The summed E-state index contributed by atoms with van der Waals surface area (Å²) in [5.74, 6) is -0.561. The Morgan fingerprint density at radius 1 is 0.962 bits per heavy atom. The highest BCUT2D eigenvalue weighted by Gasteiger charge is 2.11. The van der Waals surface area contributed by atoms with Crippen molar-refractivity contribution in [3.8, 4) is 11.5 Å². The van der Waals surface area contributed by atoms with Gasteiger partial charge in [0.1, 0.15) is 11.5 Å². The molecule has 3 aromatic rings. The van der Waals surface area contributed by atoms with Gasteiger partial charge in [0.15, 0.2) is 0 Å². The Kier molecular flexibility index (Phi) is 6.33. The Bertz CT molecular complexity index is 949. The van der Waals surface area contributed by atoms with Crippen LogP contribution in [0.3, 0.4) is 0 Å². The van der Waals surface area contributed by atoms with E-state index in [1.54, 1.807) is 30.3 Å². The molecule has 5 nitrogen and oxygen atoms in total. The van der Waals surface area contributed by atoms with Gasteiger partial charge in [0, 0.05) is 5.56 Å². The molecule has 0 aliphatic carbocycles. The molecule has 0 radical (unpaired) electrons. The highest BCUT2D eigenvalue weighted by molar-refractivity contribution is 6.01. The first kappa shape index (κ1) is 19.0. The van der Waals surface area contributed by atoms with E-state index in [9.17, 15) is 15.0 Å². The van der Waals surface area contributed by atoms with Gasteiger partial charge >= 0.3 is 0 Å². The van der Waals surface area contributed by atoms with Crippen LogP contribution in [0.4, 0.5) is 0 Å². The molecule has 3 rings (SSSR count). The van der Waals surface area contributed by atoms with Gasteiger partial charge in [-0.15, -0.1) is 0 Å². The predicted molar refractivity (Wildman–Crippen MR) is 105 cm³/mol. The number of nitrogens with one attached hydrogen (secondary N) is 1. The smallest absolute Gasteiger partial charge is 0.275 e. The number of fused-ring (bicyclic) bond motifs is 1. The van der Waals surface area contributed by atoms with Crippen LogP contribution in [0, 0.1) is 6.92 Å². The van der Waals surface area contributed by atoms with Gasteiger partial charge in [-0.05, 0) is 42.0 Å². The number of aromatic hydroxyl groups is 2. The van der Waals surface area contributed by atoms with Crippen molar-refractivity contribution in [2.24, 2.45) is 5.10 Å². The normalized spacial score (nSPS) is 10.4. The number of carbonyl (C=O) groups excluding carboxylic acids is 1. The van der Waals surface area contributed by atoms with Gasteiger partial charge in [-0.1, -0.05) is 49.7 Å². The van der Waals surface area contributed by atoms with Crippen LogP contribution < -0.4 is 5.43 Å². The van der Waals surface area contributed by atoms with Crippen LogP contribution in [-0.4, -0.2) is 22.3 Å². The Morgan fingerprint density at radius 3 is 2.31 bits per heavy atom. The zero-order valence-corrected chi connectivity index (χ0v) is 15.0. The highest BCUT2D eigenvalue weighted by Crippen LogP contribution is 2.24. The molecule has 0 spiro atoms. The lowest BCUT2D eigenvalue weighted by Gasteiger charge is -2.06. The quantitative estimate of drug-likeness (QED) is 0.485. The standard InChI is InChI=1S/C19H16N2O3.C2H6/c1-12-6-7-17(22)15(8-12)11-20-21-19(24)16-9-13-4-2-3-5-14(13)10-18(16)23;1-2/h2-11,22-23H,1H3,(H,21,24);1-2H3/b20-11+;. The molecule has 3 aromatic carbocycles. The van der Waals surface area contributed by atoms with Gasteiger partial charge in [-0.25, -0.2) is 5.43 Å². The second-order valence-electron chi connectivity index (χ2n) is 5.48. The maximum Gasteiger partial charge on any atom is 0.275 e. The van der Waals surface area contributed by atoms with E-state index in [-0.39, 0.29) is 17.1 Å². The third kappa shape index (κ3) is 4.39. The van der Waals surface area contributed by atoms with E-state index >= 15 is 0 Å². The molecule has 0 aromatic heterocycles. The van der Waals surface area contributed by atoms with Crippen LogP contribution in [0.2, 0.25) is 0 Å². The number of hydrazone groups is 1. The molecule has 0 atom stereocenters. The van der Waals surface area contributed by atoms with Gasteiger partial charge in [0.2, 0.25) is 0 Å². The Labute approximate surface area is 152 Å². The SMILES string of the molecule is CC.Cc1ccc(O)c(/C=N/NC(=O)c2cc3ccccc3cc2O)c1. The summed E-state index contributed by atoms with van der Waals surface area (Å²) < 4.78 is 0. The molecule has 3 N–H and O–H groups in total. The summed E-state index contributed by atoms with van der Waals surface area (Å²) in [6, 6.07) is 15.7. The second-order valence-corrected chi connectivity index (χ2v) is 5.48. The number of hydrogen-bond acceptors (Lipinski definition) is 4. The number of rotatable bonds is 3. The molecule has 26 heavy (non-hydrogen) atoms. The van der Waals surface area contributed by atoms with Crippen LogP contribution >= 0.6 is 0 Å². The number of phenolic OH excluding ortho intramolecular Hbond substituents is 2. The van der Waals surface area contributed by atoms with Gasteiger partial charge in [0.05, 0.1) is 11.8 Å². The van der Waals surface area contributed by atoms with Crippen LogP contribution in [0.25, 0.3) is 10.8 Å². The second kappa shape index (κ2) is 8.67. The molecule has 5 heteroatoms. The Balaban J connectivity index is 0.00000117. The number of phenols is 2. The Hall–Kier alpha value is -3.34. The monoisotopic (exact) mass is 350 g/mol. The summed E-state index contributed by atoms with van der Waals surface area (Å²) in [6.45, 7) is 5.89. The van der Waals surface area contributed by atoms with Crippen LogP contribution in [0.1, 0.15) is 35.3 Å². The summed E-state index contributed by atoms with van der Waals surface area (Å²) in [5, 5.41) is 25.3. The van der Waals surface area contributed by atoms with Crippen LogP contribution in [0.5, 0.6) is 11.5 Å². The van der Waals surface area contributed by atoms with Gasteiger partial charge < -0.3 is 10.2 Å². The number of carbonyl (C=O) groups is 1. The minimum atomic E-state index is -0.526. The van der Waals surface area contributed by atoms with E-state index in [0.29, 0.717) is 5.56 Å². The first-order chi connectivity index (χ1) is 12.5. The van der Waals surface area contributed by atoms with E-state index in [1.807, 2.05) is 45.0 Å². The van der Waals surface area contributed by atoms with Crippen molar-refractivity contribution < 1.29 is 15.0 Å². The highest BCUT2D eigenvalue weighted by atomic mass is 16.3. The lowest BCUT2D eigenvalue weighted by atomic mass is 10.1. The van der Waals surface area contributed by atoms with Gasteiger partial charge in [-0.3, -0.25) is 4.79 Å². The molecule has 1 amide bonds. The average Bonchev–Trinajstić information content (AvgIpc) is 2.65. The van der Waals surface area contributed by atoms with Crippen molar-refractivity contribution in [1.29, 1.82) is 0 Å². The molecule has 134 valence electrons. The predicted octanol–water partition coefficient (Wildman–Crippen LogP) is 4.35. The van der Waals surface area contributed by atoms with E-state index in [1.165, 1.54) is 6.21 Å². The van der Waals surface area contributed by atoms with E-state index < -0.39 is 5.91 Å².